The van der Waals surface area contributed by atoms with Crippen molar-refractivity contribution in [2.24, 2.45) is 5.92 Å². The van der Waals surface area contributed by atoms with Crippen LogP contribution in [-0.4, -0.2) is 81.0 Å². The summed E-state index contributed by atoms with van der Waals surface area (Å²) >= 11 is 0. The van der Waals surface area contributed by atoms with Crippen molar-refractivity contribution >= 4 is 21.7 Å². The minimum Gasteiger partial charge on any atom is -0.340 e. The van der Waals surface area contributed by atoms with Gasteiger partial charge in [-0.15, -0.1) is 0 Å². The van der Waals surface area contributed by atoms with Crippen molar-refractivity contribution in [3.63, 3.8) is 0 Å². The third kappa shape index (κ3) is 4.75. The van der Waals surface area contributed by atoms with E-state index in [-0.39, 0.29) is 22.5 Å². The van der Waals surface area contributed by atoms with Crippen molar-refractivity contribution < 1.29 is 18.0 Å². The summed E-state index contributed by atoms with van der Waals surface area (Å²) in [7, 11) is 0.228. The predicted octanol–water partition coefficient (Wildman–Crippen LogP) is 1.06. The van der Waals surface area contributed by atoms with Gasteiger partial charge in [0.2, 0.25) is 15.9 Å². The molecule has 1 heterocycles. The van der Waals surface area contributed by atoms with Crippen molar-refractivity contribution in [1.82, 2.24) is 14.1 Å². The molecule has 0 N–H and O–H groups in total. The van der Waals surface area contributed by atoms with E-state index in [9.17, 15) is 18.0 Å². The van der Waals surface area contributed by atoms with Crippen LogP contribution in [0.2, 0.25) is 0 Å². The first-order chi connectivity index (χ1) is 12.8. The van der Waals surface area contributed by atoms with Crippen molar-refractivity contribution in [3.8, 4) is 0 Å². The SMILES string of the molecule is CN(C)CCC(=O)N1CCN(S(=O)(=O)c2ccc(C(=O)C3CC3)cc2)CC1. The first kappa shape index (κ1) is 20.0. The zero-order valence-electron chi connectivity index (χ0n) is 15.9. The molecule has 1 aliphatic carbocycles. The molecule has 27 heavy (non-hydrogen) atoms. The molecule has 0 radical (unpaired) electrons. The lowest BCUT2D eigenvalue weighted by molar-refractivity contribution is -0.132. The van der Waals surface area contributed by atoms with Crippen LogP contribution in [-0.2, 0) is 14.8 Å². The number of amides is 1. The Morgan fingerprint density at radius 3 is 2.15 bits per heavy atom. The van der Waals surface area contributed by atoms with E-state index in [1.165, 1.54) is 16.4 Å². The van der Waals surface area contributed by atoms with Crippen LogP contribution >= 0.6 is 0 Å². The van der Waals surface area contributed by atoms with E-state index in [1.807, 2.05) is 19.0 Å². The fourth-order valence-electron chi connectivity index (χ4n) is 3.18. The minimum atomic E-state index is -3.61. The number of carbonyl (C=O) groups is 2. The minimum absolute atomic E-state index is 0.0590. The van der Waals surface area contributed by atoms with Gasteiger partial charge < -0.3 is 9.80 Å². The molecule has 1 amide bonds. The van der Waals surface area contributed by atoms with Gasteiger partial charge in [0, 0.05) is 50.6 Å². The number of sulfonamides is 1. The Morgan fingerprint density at radius 1 is 1.04 bits per heavy atom. The number of nitrogens with zero attached hydrogens (tertiary/aromatic N) is 3. The number of benzene rings is 1. The van der Waals surface area contributed by atoms with Gasteiger partial charge in [0.1, 0.15) is 0 Å². The van der Waals surface area contributed by atoms with Gasteiger partial charge in [-0.1, -0.05) is 12.1 Å². The first-order valence-electron chi connectivity index (χ1n) is 9.36. The van der Waals surface area contributed by atoms with Crippen LogP contribution in [0, 0.1) is 5.92 Å². The predicted molar refractivity (Wildman–Crippen MR) is 102 cm³/mol. The summed E-state index contributed by atoms with van der Waals surface area (Å²) in [6.07, 6.45) is 2.29. The van der Waals surface area contributed by atoms with Crippen molar-refractivity contribution in [2.75, 3.05) is 46.8 Å². The zero-order valence-corrected chi connectivity index (χ0v) is 16.7. The second kappa shape index (κ2) is 8.08. The second-order valence-electron chi connectivity index (χ2n) is 7.50. The summed E-state index contributed by atoms with van der Waals surface area (Å²) in [4.78, 5) is 28.1. The summed E-state index contributed by atoms with van der Waals surface area (Å²) in [6.45, 7) is 2.08. The molecule has 2 aliphatic rings. The fraction of sp³-hybridized carbons (Fsp3) is 0.579. The topological polar surface area (TPSA) is 78.0 Å². The highest BCUT2D eigenvalue weighted by Gasteiger charge is 2.32. The Balaban J connectivity index is 1.59. The van der Waals surface area contributed by atoms with Crippen LogP contribution < -0.4 is 0 Å². The molecular weight excluding hydrogens is 366 g/mol. The average molecular weight is 394 g/mol. The molecule has 0 unspecified atom stereocenters. The molecule has 3 rings (SSSR count). The normalized spacial score (nSPS) is 18.7. The summed E-state index contributed by atoms with van der Waals surface area (Å²) in [6, 6.07) is 6.24. The van der Waals surface area contributed by atoms with Gasteiger partial charge in [-0.25, -0.2) is 8.42 Å². The maximum Gasteiger partial charge on any atom is 0.243 e. The summed E-state index contributed by atoms with van der Waals surface area (Å²) in [5, 5.41) is 0. The van der Waals surface area contributed by atoms with E-state index in [0.717, 1.165) is 12.8 Å². The van der Waals surface area contributed by atoms with E-state index in [1.54, 1.807) is 17.0 Å². The molecule has 8 heteroatoms. The quantitative estimate of drug-likeness (QED) is 0.648. The molecule has 0 atom stereocenters. The van der Waals surface area contributed by atoms with Crippen molar-refractivity contribution in [3.05, 3.63) is 29.8 Å². The van der Waals surface area contributed by atoms with Gasteiger partial charge in [0.25, 0.3) is 0 Å². The van der Waals surface area contributed by atoms with E-state index >= 15 is 0 Å². The fourth-order valence-corrected chi connectivity index (χ4v) is 4.60. The first-order valence-corrected chi connectivity index (χ1v) is 10.8. The Labute approximate surface area is 161 Å². The Hall–Kier alpha value is -1.77. The van der Waals surface area contributed by atoms with Gasteiger partial charge in [0.15, 0.2) is 5.78 Å². The molecule has 148 valence electrons. The third-order valence-electron chi connectivity index (χ3n) is 5.09. The van der Waals surface area contributed by atoms with Crippen LogP contribution in [0.4, 0.5) is 0 Å². The Kier molecular flexibility index (Phi) is 5.98. The molecule has 1 aromatic rings. The number of carbonyl (C=O) groups excluding carboxylic acids is 2. The number of ketones is 1. The summed E-state index contributed by atoms with van der Waals surface area (Å²) < 4.78 is 27.1. The lowest BCUT2D eigenvalue weighted by Crippen LogP contribution is -2.50. The van der Waals surface area contributed by atoms with E-state index in [2.05, 4.69) is 0 Å². The molecule has 0 bridgehead atoms. The van der Waals surface area contributed by atoms with Gasteiger partial charge in [-0.3, -0.25) is 9.59 Å². The maximum atomic E-state index is 12.8. The number of Topliss-reactive ketones (excluding diaryl/α,β-unsaturated/α-hetero) is 1. The van der Waals surface area contributed by atoms with Gasteiger partial charge in [-0.05, 0) is 39.1 Å². The molecule has 1 aliphatic heterocycles. The molecule has 0 aromatic heterocycles. The Bertz CT molecular complexity index is 793. The van der Waals surface area contributed by atoms with Crippen molar-refractivity contribution in [1.29, 1.82) is 0 Å². The number of piperazine rings is 1. The number of hydrogen-bond donors (Lipinski definition) is 0. The highest BCUT2D eigenvalue weighted by atomic mass is 32.2. The third-order valence-corrected chi connectivity index (χ3v) is 7.00. The van der Waals surface area contributed by atoms with Gasteiger partial charge in [-0.2, -0.15) is 4.31 Å². The highest BCUT2D eigenvalue weighted by Crippen LogP contribution is 2.32. The molecule has 7 nitrogen and oxygen atoms in total. The molecule has 1 saturated heterocycles. The number of rotatable bonds is 7. The number of hydrogen-bond acceptors (Lipinski definition) is 5. The van der Waals surface area contributed by atoms with Crippen molar-refractivity contribution in [2.45, 2.75) is 24.2 Å². The maximum absolute atomic E-state index is 12.8. The standard InChI is InChI=1S/C19H27N3O4S/c1-20(2)10-9-18(23)21-11-13-22(14-12-21)27(25,26)17-7-5-16(6-8-17)19(24)15-3-4-15/h5-8,15H,3-4,9-14H2,1-2H3. The van der Waals surface area contributed by atoms with E-state index < -0.39 is 10.0 Å². The lowest BCUT2D eigenvalue weighted by atomic mass is 10.1. The Morgan fingerprint density at radius 2 is 1.63 bits per heavy atom. The molecule has 1 aromatic carbocycles. The molecule has 0 spiro atoms. The van der Waals surface area contributed by atoms with Crippen LogP contribution in [0.1, 0.15) is 29.6 Å². The van der Waals surface area contributed by atoms with Gasteiger partial charge >= 0.3 is 0 Å². The molecule has 1 saturated carbocycles. The smallest absolute Gasteiger partial charge is 0.243 e. The van der Waals surface area contributed by atoms with Crippen LogP contribution in [0.15, 0.2) is 29.2 Å². The lowest BCUT2D eigenvalue weighted by Gasteiger charge is -2.34. The summed E-state index contributed by atoms with van der Waals surface area (Å²) in [5.74, 6) is 0.276. The summed E-state index contributed by atoms with van der Waals surface area (Å²) in [5.41, 5.74) is 0.577. The molecular formula is C19H27N3O4S. The monoisotopic (exact) mass is 393 g/mol. The van der Waals surface area contributed by atoms with Crippen LogP contribution in [0.5, 0.6) is 0 Å². The molecule has 2 fully saturated rings. The van der Waals surface area contributed by atoms with Crippen LogP contribution in [0.3, 0.4) is 0 Å². The van der Waals surface area contributed by atoms with E-state index in [0.29, 0.717) is 44.7 Å². The zero-order chi connectivity index (χ0) is 19.6. The average Bonchev–Trinajstić information content (AvgIpc) is 3.51. The van der Waals surface area contributed by atoms with Gasteiger partial charge in [0.05, 0.1) is 4.90 Å². The highest BCUT2D eigenvalue weighted by molar-refractivity contribution is 7.89. The van der Waals surface area contributed by atoms with Crippen LogP contribution in [0.25, 0.3) is 0 Å². The second-order valence-corrected chi connectivity index (χ2v) is 9.44. The van der Waals surface area contributed by atoms with E-state index in [4.69, 9.17) is 0 Å². The largest absolute Gasteiger partial charge is 0.340 e.